The molecule has 2 N–H and O–H groups in total. The molecule has 1 atom stereocenters. The summed E-state index contributed by atoms with van der Waals surface area (Å²) in [6.07, 6.45) is 3.66. The second-order valence-corrected chi connectivity index (χ2v) is 4.19. The summed E-state index contributed by atoms with van der Waals surface area (Å²) in [4.78, 5) is 10.5. The Labute approximate surface area is 61.8 Å². The van der Waals surface area contributed by atoms with Gasteiger partial charge >= 0.3 is 0 Å². The van der Waals surface area contributed by atoms with Gasteiger partial charge in [0, 0.05) is 0 Å². The van der Waals surface area contributed by atoms with Crippen LogP contribution in [0, 0.1) is 5.41 Å². The van der Waals surface area contributed by atoms with E-state index in [0.717, 1.165) is 25.5 Å². The van der Waals surface area contributed by atoms with Crippen LogP contribution in [-0.4, -0.2) is 11.8 Å². The Morgan fingerprint density at radius 3 is 2.20 bits per heavy atom. The second-order valence-electron chi connectivity index (χ2n) is 4.19. The molecule has 0 heterocycles. The predicted molar refractivity (Wildman–Crippen MR) is 40.6 cm³/mol. The minimum Gasteiger partial charge on any atom is -0.319 e. The first-order valence-corrected chi connectivity index (χ1v) is 3.73. The monoisotopic (exact) mass is 141 g/mol. The molecular formula is C8H15NO. The number of hydrogen-bond acceptors (Lipinski definition) is 2. The minimum absolute atomic E-state index is 0.273. The third-order valence-electron chi connectivity index (χ3n) is 2.31. The lowest BCUT2D eigenvalue weighted by Gasteiger charge is -2.19. The summed E-state index contributed by atoms with van der Waals surface area (Å²) >= 11 is 0. The van der Waals surface area contributed by atoms with Crippen LogP contribution in [0.5, 0.6) is 0 Å². The molecule has 0 amide bonds. The van der Waals surface area contributed by atoms with Crippen molar-refractivity contribution in [3.63, 3.8) is 0 Å². The van der Waals surface area contributed by atoms with E-state index in [1.807, 2.05) is 0 Å². The molecule has 0 aromatic rings. The second kappa shape index (κ2) is 2.06. The third-order valence-corrected chi connectivity index (χ3v) is 2.31. The number of aldehydes is 1. The van der Waals surface area contributed by atoms with Gasteiger partial charge < -0.3 is 10.5 Å². The molecule has 2 nitrogen and oxygen atoms in total. The quantitative estimate of drug-likeness (QED) is 0.555. The molecule has 0 aromatic heterocycles. The van der Waals surface area contributed by atoms with Crippen LogP contribution >= 0.6 is 0 Å². The fourth-order valence-electron chi connectivity index (χ4n) is 1.74. The summed E-state index contributed by atoms with van der Waals surface area (Å²) in [5.74, 6) is 0. The van der Waals surface area contributed by atoms with Crippen LogP contribution in [0.1, 0.15) is 33.1 Å². The van der Waals surface area contributed by atoms with E-state index in [-0.39, 0.29) is 5.41 Å². The number of carbonyl (C=O) groups is 1. The van der Waals surface area contributed by atoms with E-state index in [0.29, 0.717) is 0 Å². The van der Waals surface area contributed by atoms with Crippen molar-refractivity contribution in [2.45, 2.75) is 38.6 Å². The van der Waals surface area contributed by atoms with Crippen molar-refractivity contribution in [1.82, 2.24) is 0 Å². The maximum Gasteiger partial charge on any atom is 0.139 e. The summed E-state index contributed by atoms with van der Waals surface area (Å²) < 4.78 is 0. The molecule has 0 radical (unpaired) electrons. The first-order valence-electron chi connectivity index (χ1n) is 3.73. The first-order chi connectivity index (χ1) is 4.47. The molecule has 2 heteroatoms. The molecule has 1 unspecified atom stereocenters. The van der Waals surface area contributed by atoms with Crippen LogP contribution in [-0.2, 0) is 4.79 Å². The molecule has 1 fully saturated rings. The van der Waals surface area contributed by atoms with E-state index >= 15 is 0 Å². The molecule has 0 spiro atoms. The van der Waals surface area contributed by atoms with Crippen LogP contribution in [0.4, 0.5) is 0 Å². The lowest BCUT2D eigenvalue weighted by molar-refractivity contribution is -0.112. The van der Waals surface area contributed by atoms with Gasteiger partial charge in [-0.05, 0) is 24.7 Å². The summed E-state index contributed by atoms with van der Waals surface area (Å²) in [6.45, 7) is 4.32. The van der Waals surface area contributed by atoms with Crippen molar-refractivity contribution in [3.8, 4) is 0 Å². The maximum absolute atomic E-state index is 10.5. The van der Waals surface area contributed by atoms with Crippen molar-refractivity contribution in [3.05, 3.63) is 0 Å². The Hall–Kier alpha value is -0.370. The van der Waals surface area contributed by atoms with Gasteiger partial charge in [-0.2, -0.15) is 0 Å². The Bertz CT molecular complexity index is 153. The molecule has 10 heavy (non-hydrogen) atoms. The normalized spacial score (nSPS) is 37.9. The minimum atomic E-state index is -0.510. The summed E-state index contributed by atoms with van der Waals surface area (Å²) in [6, 6.07) is 0. The molecule has 58 valence electrons. The number of hydrogen-bond donors (Lipinski definition) is 1. The Morgan fingerprint density at radius 1 is 1.40 bits per heavy atom. The smallest absolute Gasteiger partial charge is 0.139 e. The zero-order valence-electron chi connectivity index (χ0n) is 6.68. The van der Waals surface area contributed by atoms with Gasteiger partial charge in [0.1, 0.15) is 6.29 Å². The summed E-state index contributed by atoms with van der Waals surface area (Å²) in [5, 5.41) is 0. The molecular weight excluding hydrogens is 126 g/mol. The van der Waals surface area contributed by atoms with E-state index in [9.17, 15) is 4.79 Å². The standard InChI is InChI=1S/C8H15NO/c1-7(2)3-4-8(9,5-7)6-10/h6H,3-5,9H2,1-2H3. The highest BCUT2D eigenvalue weighted by Gasteiger charge is 2.39. The van der Waals surface area contributed by atoms with Crippen molar-refractivity contribution in [1.29, 1.82) is 0 Å². The molecule has 1 rings (SSSR count). The topological polar surface area (TPSA) is 43.1 Å². The van der Waals surface area contributed by atoms with E-state index < -0.39 is 5.54 Å². The fraction of sp³-hybridized carbons (Fsp3) is 0.875. The molecule has 0 bridgehead atoms. The van der Waals surface area contributed by atoms with E-state index in [4.69, 9.17) is 5.73 Å². The van der Waals surface area contributed by atoms with Crippen LogP contribution in [0.3, 0.4) is 0 Å². The average Bonchev–Trinajstić information content (AvgIpc) is 2.08. The highest BCUT2D eigenvalue weighted by molar-refractivity contribution is 5.64. The van der Waals surface area contributed by atoms with Crippen molar-refractivity contribution < 1.29 is 4.79 Å². The van der Waals surface area contributed by atoms with Crippen molar-refractivity contribution in [2.24, 2.45) is 11.1 Å². The maximum atomic E-state index is 10.5. The van der Waals surface area contributed by atoms with Crippen molar-refractivity contribution >= 4 is 6.29 Å². The summed E-state index contributed by atoms with van der Waals surface area (Å²) in [5.41, 5.74) is 5.53. The fourth-order valence-corrected chi connectivity index (χ4v) is 1.74. The van der Waals surface area contributed by atoms with Gasteiger partial charge in [-0.3, -0.25) is 0 Å². The van der Waals surface area contributed by atoms with Gasteiger partial charge in [-0.15, -0.1) is 0 Å². The number of rotatable bonds is 1. The van der Waals surface area contributed by atoms with Crippen LogP contribution in [0.25, 0.3) is 0 Å². The molecule has 1 aliphatic rings. The van der Waals surface area contributed by atoms with E-state index in [2.05, 4.69) is 13.8 Å². The van der Waals surface area contributed by atoms with Gasteiger partial charge in [0.05, 0.1) is 5.54 Å². The average molecular weight is 141 g/mol. The molecule has 1 saturated carbocycles. The highest BCUT2D eigenvalue weighted by atomic mass is 16.1. The molecule has 0 saturated heterocycles. The largest absolute Gasteiger partial charge is 0.319 e. The third kappa shape index (κ3) is 1.37. The van der Waals surface area contributed by atoms with Crippen molar-refractivity contribution in [2.75, 3.05) is 0 Å². The van der Waals surface area contributed by atoms with Gasteiger partial charge in [-0.25, -0.2) is 0 Å². The lowest BCUT2D eigenvalue weighted by atomic mass is 9.89. The highest BCUT2D eigenvalue weighted by Crippen LogP contribution is 2.40. The zero-order valence-corrected chi connectivity index (χ0v) is 6.68. The first kappa shape index (κ1) is 7.73. The zero-order chi connectivity index (χ0) is 7.83. The summed E-state index contributed by atoms with van der Waals surface area (Å²) in [7, 11) is 0. The molecule has 0 aliphatic heterocycles. The van der Waals surface area contributed by atoms with Gasteiger partial charge in [0.15, 0.2) is 0 Å². The predicted octanol–water partition coefficient (Wildman–Crippen LogP) is 1.09. The van der Waals surface area contributed by atoms with Crippen LogP contribution < -0.4 is 5.73 Å². The Morgan fingerprint density at radius 2 is 2.00 bits per heavy atom. The Balaban J connectivity index is 2.66. The van der Waals surface area contributed by atoms with Gasteiger partial charge in [-0.1, -0.05) is 13.8 Å². The SMILES string of the molecule is CC1(C)CCC(N)(C=O)C1. The lowest BCUT2D eigenvalue weighted by Crippen LogP contribution is -2.39. The van der Waals surface area contributed by atoms with Gasteiger partial charge in [0.25, 0.3) is 0 Å². The van der Waals surface area contributed by atoms with Crippen LogP contribution in [0.2, 0.25) is 0 Å². The number of carbonyl (C=O) groups excluding carboxylic acids is 1. The molecule has 0 aromatic carbocycles. The van der Waals surface area contributed by atoms with E-state index in [1.165, 1.54) is 0 Å². The van der Waals surface area contributed by atoms with Gasteiger partial charge in [0.2, 0.25) is 0 Å². The van der Waals surface area contributed by atoms with Crippen LogP contribution in [0.15, 0.2) is 0 Å². The van der Waals surface area contributed by atoms with E-state index in [1.54, 1.807) is 0 Å². The molecule has 1 aliphatic carbocycles. The number of nitrogens with two attached hydrogens (primary N) is 1. The Kier molecular flexibility index (Phi) is 1.59.